The Morgan fingerprint density at radius 1 is 1.25 bits per heavy atom. The molecule has 6 heteroatoms. The van der Waals surface area contributed by atoms with Crippen molar-refractivity contribution in [2.75, 3.05) is 13.7 Å². The van der Waals surface area contributed by atoms with Gasteiger partial charge in [-0.05, 0) is 0 Å². The van der Waals surface area contributed by atoms with Crippen molar-refractivity contribution in [3.05, 3.63) is 35.9 Å². The van der Waals surface area contributed by atoms with E-state index in [-0.39, 0.29) is 6.10 Å². The summed E-state index contributed by atoms with van der Waals surface area (Å²) in [4.78, 5) is 0. The highest BCUT2D eigenvalue weighted by Crippen LogP contribution is 2.32. The van der Waals surface area contributed by atoms with Crippen LogP contribution < -0.4 is 0 Å². The molecule has 2 saturated heterocycles. The lowest BCUT2D eigenvalue weighted by Gasteiger charge is -2.41. The number of hydrogen-bond acceptors (Lipinski definition) is 6. The first kappa shape index (κ1) is 13.5. The highest BCUT2D eigenvalue weighted by atomic mass is 16.7. The monoisotopic (exact) mass is 279 g/mol. The van der Waals surface area contributed by atoms with Gasteiger partial charge in [-0.25, -0.2) is 0 Å². The van der Waals surface area contributed by atoms with Gasteiger partial charge >= 0.3 is 0 Å². The fourth-order valence-electron chi connectivity index (χ4n) is 2.49. The SMILES string of the molecule is CO[C@H]1C/C(=N\O)[C@H]2O[C@@H](c3ccccc3)OC[C@@H]2O1. The van der Waals surface area contributed by atoms with Crippen LogP contribution in [0.15, 0.2) is 35.5 Å². The van der Waals surface area contributed by atoms with Crippen molar-refractivity contribution in [1.82, 2.24) is 0 Å². The Morgan fingerprint density at radius 3 is 2.75 bits per heavy atom. The predicted octanol–water partition coefficient (Wildman–Crippen LogP) is 1.69. The van der Waals surface area contributed by atoms with E-state index in [0.717, 1.165) is 5.56 Å². The molecule has 1 N–H and O–H groups in total. The number of methoxy groups -OCH3 is 1. The maximum atomic E-state index is 9.16. The smallest absolute Gasteiger partial charge is 0.184 e. The molecule has 2 fully saturated rings. The van der Waals surface area contributed by atoms with Crippen LogP contribution in [0.5, 0.6) is 0 Å². The number of fused-ring (bicyclic) bond motifs is 1. The molecule has 3 rings (SSSR count). The number of rotatable bonds is 2. The van der Waals surface area contributed by atoms with Gasteiger partial charge in [-0.15, -0.1) is 0 Å². The molecule has 0 amide bonds. The standard InChI is InChI=1S/C14H17NO5/c1-17-12-7-10(15-16)13-11(19-12)8-18-14(20-13)9-5-3-2-4-6-9/h2-6,11-14,16H,7-8H2,1H3/b15-10+/t11-,12+,13+,14-/m0/s1. The van der Waals surface area contributed by atoms with Crippen LogP contribution in [0, 0.1) is 0 Å². The van der Waals surface area contributed by atoms with Crippen LogP contribution in [0.1, 0.15) is 18.3 Å². The predicted molar refractivity (Wildman–Crippen MR) is 69.5 cm³/mol. The summed E-state index contributed by atoms with van der Waals surface area (Å²) in [7, 11) is 1.55. The van der Waals surface area contributed by atoms with Gasteiger partial charge in [-0.1, -0.05) is 35.5 Å². The van der Waals surface area contributed by atoms with E-state index in [1.54, 1.807) is 7.11 Å². The molecule has 0 unspecified atom stereocenters. The van der Waals surface area contributed by atoms with Crippen molar-refractivity contribution in [2.45, 2.75) is 31.2 Å². The summed E-state index contributed by atoms with van der Waals surface area (Å²) in [5.74, 6) is 0. The van der Waals surface area contributed by atoms with E-state index in [1.807, 2.05) is 30.3 Å². The zero-order valence-corrected chi connectivity index (χ0v) is 11.1. The van der Waals surface area contributed by atoms with Crippen molar-refractivity contribution in [1.29, 1.82) is 0 Å². The normalized spacial score (nSPS) is 35.8. The maximum Gasteiger partial charge on any atom is 0.184 e. The summed E-state index contributed by atoms with van der Waals surface area (Å²) < 4.78 is 22.4. The molecule has 0 saturated carbocycles. The summed E-state index contributed by atoms with van der Waals surface area (Å²) >= 11 is 0. The van der Waals surface area contributed by atoms with E-state index in [4.69, 9.17) is 24.2 Å². The van der Waals surface area contributed by atoms with Gasteiger partial charge in [0.2, 0.25) is 0 Å². The molecule has 2 aliphatic heterocycles. The van der Waals surface area contributed by atoms with Gasteiger partial charge in [-0.3, -0.25) is 0 Å². The number of nitrogens with zero attached hydrogens (tertiary/aromatic N) is 1. The van der Waals surface area contributed by atoms with Crippen molar-refractivity contribution in [2.24, 2.45) is 5.16 Å². The largest absolute Gasteiger partial charge is 0.411 e. The van der Waals surface area contributed by atoms with Crippen molar-refractivity contribution in [3.63, 3.8) is 0 Å². The van der Waals surface area contributed by atoms with Gasteiger partial charge in [0.1, 0.15) is 12.2 Å². The van der Waals surface area contributed by atoms with Crippen molar-refractivity contribution < 1.29 is 24.2 Å². The lowest BCUT2D eigenvalue weighted by Crippen LogP contribution is -2.53. The maximum absolute atomic E-state index is 9.16. The van der Waals surface area contributed by atoms with Crippen LogP contribution in [0.4, 0.5) is 0 Å². The van der Waals surface area contributed by atoms with E-state index >= 15 is 0 Å². The second-order valence-corrected chi connectivity index (χ2v) is 4.77. The Labute approximate surface area is 116 Å². The van der Waals surface area contributed by atoms with Crippen LogP contribution in [-0.2, 0) is 18.9 Å². The van der Waals surface area contributed by atoms with Gasteiger partial charge in [0, 0.05) is 19.1 Å². The van der Waals surface area contributed by atoms with Gasteiger partial charge in [-0.2, -0.15) is 0 Å². The topological polar surface area (TPSA) is 69.5 Å². The molecule has 1 aromatic carbocycles. The number of benzene rings is 1. The first-order valence-electron chi connectivity index (χ1n) is 6.53. The molecule has 4 atom stereocenters. The Kier molecular flexibility index (Phi) is 3.98. The van der Waals surface area contributed by atoms with Gasteiger partial charge in [0.25, 0.3) is 0 Å². The first-order chi connectivity index (χ1) is 9.81. The molecule has 2 heterocycles. The fourth-order valence-corrected chi connectivity index (χ4v) is 2.49. The Balaban J connectivity index is 1.76. The van der Waals surface area contributed by atoms with Crippen LogP contribution in [-0.4, -0.2) is 43.1 Å². The third-order valence-corrected chi connectivity index (χ3v) is 3.51. The molecule has 6 nitrogen and oxygen atoms in total. The summed E-state index contributed by atoms with van der Waals surface area (Å²) in [6.45, 7) is 0.364. The van der Waals surface area contributed by atoms with Gasteiger partial charge in [0.15, 0.2) is 12.6 Å². The molecule has 0 bridgehead atoms. The average Bonchev–Trinajstić information content (AvgIpc) is 2.54. The van der Waals surface area contributed by atoms with Gasteiger partial charge in [0.05, 0.1) is 12.3 Å². The van der Waals surface area contributed by atoms with E-state index in [1.165, 1.54) is 0 Å². The quantitative estimate of drug-likeness (QED) is 0.659. The van der Waals surface area contributed by atoms with Crippen LogP contribution in [0.2, 0.25) is 0 Å². The number of hydrogen-bond donors (Lipinski definition) is 1. The minimum atomic E-state index is -0.475. The zero-order valence-electron chi connectivity index (χ0n) is 11.1. The van der Waals surface area contributed by atoms with E-state index in [0.29, 0.717) is 18.7 Å². The van der Waals surface area contributed by atoms with E-state index in [9.17, 15) is 0 Å². The lowest BCUT2D eigenvalue weighted by atomic mass is 10.0. The molecular weight excluding hydrogens is 262 g/mol. The molecule has 1 aromatic rings. The Bertz CT molecular complexity index is 478. The van der Waals surface area contributed by atoms with Gasteiger partial charge < -0.3 is 24.2 Å². The molecule has 20 heavy (non-hydrogen) atoms. The molecule has 0 aromatic heterocycles. The summed E-state index contributed by atoms with van der Waals surface area (Å²) in [5, 5.41) is 12.5. The first-order valence-corrected chi connectivity index (χ1v) is 6.53. The average molecular weight is 279 g/mol. The molecule has 108 valence electrons. The van der Waals surface area contributed by atoms with E-state index < -0.39 is 18.7 Å². The molecule has 2 aliphatic rings. The van der Waals surface area contributed by atoms with Crippen LogP contribution in [0.3, 0.4) is 0 Å². The van der Waals surface area contributed by atoms with Crippen molar-refractivity contribution >= 4 is 5.71 Å². The summed E-state index contributed by atoms with van der Waals surface area (Å²) in [6.07, 6.45) is -1.25. The third kappa shape index (κ3) is 2.55. The Hall–Kier alpha value is -1.47. The lowest BCUT2D eigenvalue weighted by molar-refractivity contribution is -0.286. The highest BCUT2D eigenvalue weighted by Gasteiger charge is 2.42. The fraction of sp³-hybridized carbons (Fsp3) is 0.500. The molecular formula is C14H17NO5. The molecule has 0 radical (unpaired) electrons. The molecule has 0 spiro atoms. The number of ether oxygens (including phenoxy) is 4. The second-order valence-electron chi connectivity index (χ2n) is 4.77. The minimum Gasteiger partial charge on any atom is -0.411 e. The van der Waals surface area contributed by atoms with E-state index in [2.05, 4.69) is 5.16 Å². The highest BCUT2D eigenvalue weighted by molar-refractivity contribution is 5.89. The minimum absolute atomic E-state index is 0.320. The summed E-state index contributed by atoms with van der Waals surface area (Å²) in [6, 6.07) is 9.65. The van der Waals surface area contributed by atoms with Crippen LogP contribution in [0.25, 0.3) is 0 Å². The number of oxime groups is 1. The van der Waals surface area contributed by atoms with Crippen LogP contribution >= 0.6 is 0 Å². The Morgan fingerprint density at radius 2 is 2.05 bits per heavy atom. The van der Waals surface area contributed by atoms with Crippen molar-refractivity contribution in [3.8, 4) is 0 Å². The second kappa shape index (κ2) is 5.88. The summed E-state index contributed by atoms with van der Waals surface area (Å²) in [5.41, 5.74) is 1.45. The zero-order chi connectivity index (χ0) is 13.9. The third-order valence-electron chi connectivity index (χ3n) is 3.51. The molecule has 0 aliphatic carbocycles.